The normalized spacial score (nSPS) is 12.2. The van der Waals surface area contributed by atoms with Crippen LogP contribution in [0.3, 0.4) is 0 Å². The number of likely N-dealkylation sites (N-methyl/N-ethyl adjacent to an activating group) is 1. The molecule has 2 nitrogen and oxygen atoms in total. The number of nitrogens with zero attached hydrogens (tertiary/aromatic N) is 1. The Labute approximate surface area is 120 Å². The van der Waals surface area contributed by atoms with Gasteiger partial charge in [0.1, 0.15) is 0 Å². The molecule has 0 spiro atoms. The van der Waals surface area contributed by atoms with Gasteiger partial charge in [-0.1, -0.05) is 12.1 Å². The van der Waals surface area contributed by atoms with Crippen molar-refractivity contribution in [1.29, 1.82) is 0 Å². The summed E-state index contributed by atoms with van der Waals surface area (Å²) in [6.07, 6.45) is 3.60. The fourth-order valence-electron chi connectivity index (χ4n) is 1.64. The number of benzene rings is 1. The Morgan fingerprint density at radius 1 is 1.39 bits per heavy atom. The highest BCUT2D eigenvalue weighted by atomic mass is 32.2. The monoisotopic (exact) mass is 283 g/mol. The molecule has 0 aromatic heterocycles. The van der Waals surface area contributed by atoms with E-state index >= 15 is 0 Å². The van der Waals surface area contributed by atoms with Crippen molar-refractivity contribution in [3.05, 3.63) is 29.8 Å². The molecule has 1 aromatic rings. The van der Waals surface area contributed by atoms with Crippen LogP contribution in [0.15, 0.2) is 29.2 Å². The third-order valence-electron chi connectivity index (χ3n) is 3.09. The van der Waals surface area contributed by atoms with Crippen LogP contribution >= 0.6 is 24.4 Å². The molecular formula is C14H21NOS2. The molecular weight excluding hydrogens is 262 g/mol. The molecule has 100 valence electrons. The molecule has 0 saturated heterocycles. The highest BCUT2D eigenvalue weighted by Gasteiger charge is 2.15. The molecule has 0 radical (unpaired) electrons. The Morgan fingerprint density at radius 3 is 2.56 bits per heavy atom. The summed E-state index contributed by atoms with van der Waals surface area (Å²) in [5, 5.41) is 0. The van der Waals surface area contributed by atoms with E-state index < -0.39 is 0 Å². The van der Waals surface area contributed by atoms with Crippen molar-refractivity contribution >= 4 is 30.3 Å². The lowest BCUT2D eigenvalue weighted by atomic mass is 10.1. The largest absolute Gasteiger partial charge is 0.343 e. The first-order chi connectivity index (χ1) is 8.54. The number of carbonyl (C=O) groups excluding carboxylic acids is 1. The second-order valence-corrected chi connectivity index (χ2v) is 5.98. The molecule has 4 heteroatoms. The molecule has 0 saturated carbocycles. The first-order valence-electron chi connectivity index (χ1n) is 6.07. The molecule has 0 N–H and O–H groups in total. The van der Waals surface area contributed by atoms with E-state index in [1.54, 1.807) is 0 Å². The molecule has 0 bridgehead atoms. The maximum absolute atomic E-state index is 12.1. The van der Waals surface area contributed by atoms with Gasteiger partial charge in [0.25, 0.3) is 0 Å². The topological polar surface area (TPSA) is 20.3 Å². The van der Waals surface area contributed by atoms with Gasteiger partial charge >= 0.3 is 0 Å². The van der Waals surface area contributed by atoms with Gasteiger partial charge in [0.15, 0.2) is 0 Å². The Morgan fingerprint density at radius 2 is 2.00 bits per heavy atom. The predicted octanol–water partition coefficient (Wildman–Crippen LogP) is 3.12. The Hall–Kier alpha value is -0.610. The van der Waals surface area contributed by atoms with Crippen LogP contribution in [-0.4, -0.2) is 35.9 Å². The second-order valence-electron chi connectivity index (χ2n) is 4.48. The van der Waals surface area contributed by atoms with Gasteiger partial charge in [0.05, 0.1) is 6.42 Å². The van der Waals surface area contributed by atoms with Crippen LogP contribution in [0.4, 0.5) is 0 Å². The van der Waals surface area contributed by atoms with Gasteiger partial charge in [-0.2, -0.15) is 11.8 Å². The molecule has 0 heterocycles. The van der Waals surface area contributed by atoms with Crippen molar-refractivity contribution in [2.45, 2.75) is 30.7 Å². The van der Waals surface area contributed by atoms with E-state index in [0.717, 1.165) is 22.6 Å². The Bertz CT molecular complexity index is 378. The molecule has 0 fully saturated rings. The summed E-state index contributed by atoms with van der Waals surface area (Å²) in [4.78, 5) is 14.9. The number of amides is 1. The van der Waals surface area contributed by atoms with Gasteiger partial charge < -0.3 is 4.90 Å². The molecule has 0 aliphatic carbocycles. The molecule has 1 rings (SSSR count). The molecule has 0 aliphatic heterocycles. The summed E-state index contributed by atoms with van der Waals surface area (Å²) in [5.74, 6) is 1.27. The minimum atomic E-state index is 0.176. The van der Waals surface area contributed by atoms with E-state index in [2.05, 4.69) is 25.8 Å². The molecule has 1 amide bonds. The lowest BCUT2D eigenvalue weighted by Gasteiger charge is -2.25. The first-order valence-corrected chi connectivity index (χ1v) is 7.91. The number of thiol groups is 1. The van der Waals surface area contributed by atoms with E-state index in [1.165, 1.54) is 0 Å². The van der Waals surface area contributed by atoms with Crippen LogP contribution < -0.4 is 0 Å². The zero-order chi connectivity index (χ0) is 13.5. The zero-order valence-electron chi connectivity index (χ0n) is 11.2. The lowest BCUT2D eigenvalue weighted by Crippen LogP contribution is -2.36. The lowest BCUT2D eigenvalue weighted by molar-refractivity contribution is -0.130. The number of hydrogen-bond donors (Lipinski definition) is 1. The summed E-state index contributed by atoms with van der Waals surface area (Å²) in [6.45, 7) is 2.10. The van der Waals surface area contributed by atoms with Crippen molar-refractivity contribution in [2.24, 2.45) is 0 Å². The second kappa shape index (κ2) is 7.74. The van der Waals surface area contributed by atoms with Crippen molar-refractivity contribution in [3.63, 3.8) is 0 Å². The van der Waals surface area contributed by atoms with E-state index in [-0.39, 0.29) is 5.91 Å². The zero-order valence-corrected chi connectivity index (χ0v) is 12.9. The molecule has 1 aromatic carbocycles. The van der Waals surface area contributed by atoms with Crippen LogP contribution in [0, 0.1) is 0 Å². The van der Waals surface area contributed by atoms with E-state index in [4.69, 9.17) is 0 Å². The third-order valence-corrected chi connectivity index (χ3v) is 4.03. The summed E-state index contributed by atoms with van der Waals surface area (Å²) >= 11 is 6.05. The summed E-state index contributed by atoms with van der Waals surface area (Å²) in [6, 6.07) is 8.06. The van der Waals surface area contributed by atoms with Gasteiger partial charge in [-0.25, -0.2) is 0 Å². The van der Waals surface area contributed by atoms with Crippen molar-refractivity contribution in [1.82, 2.24) is 4.90 Å². The number of thioether (sulfide) groups is 1. The maximum Gasteiger partial charge on any atom is 0.226 e. The smallest absolute Gasteiger partial charge is 0.226 e. The average Bonchev–Trinajstić information content (AvgIpc) is 2.37. The first kappa shape index (κ1) is 15.4. The van der Waals surface area contributed by atoms with E-state index in [9.17, 15) is 4.79 Å². The number of carbonyl (C=O) groups is 1. The summed E-state index contributed by atoms with van der Waals surface area (Å²) in [7, 11) is 1.89. The molecule has 1 atom stereocenters. The highest BCUT2D eigenvalue weighted by Crippen LogP contribution is 2.11. The summed E-state index contributed by atoms with van der Waals surface area (Å²) < 4.78 is 0. The quantitative estimate of drug-likeness (QED) is 0.810. The molecule has 1 unspecified atom stereocenters. The minimum absolute atomic E-state index is 0.176. The highest BCUT2D eigenvalue weighted by molar-refractivity contribution is 7.98. The Kier molecular flexibility index (Phi) is 6.65. The van der Waals surface area contributed by atoms with Crippen LogP contribution in [0.25, 0.3) is 0 Å². The van der Waals surface area contributed by atoms with Crippen molar-refractivity contribution < 1.29 is 4.79 Å². The van der Waals surface area contributed by atoms with Crippen LogP contribution in [0.5, 0.6) is 0 Å². The standard InChI is InChI=1S/C14H21NOS2/c1-11(8-9-18-3)15(2)14(16)10-12-4-6-13(17)7-5-12/h4-7,11,17H,8-10H2,1-3H3. The fourth-order valence-corrected chi connectivity index (χ4v) is 2.37. The van der Waals surface area contributed by atoms with Crippen molar-refractivity contribution in [3.8, 4) is 0 Å². The van der Waals surface area contributed by atoms with Gasteiger partial charge in [-0.15, -0.1) is 12.6 Å². The molecule has 0 aliphatic rings. The van der Waals surface area contributed by atoms with Gasteiger partial charge in [0.2, 0.25) is 5.91 Å². The maximum atomic E-state index is 12.1. The fraction of sp³-hybridized carbons (Fsp3) is 0.500. The Balaban J connectivity index is 2.51. The SMILES string of the molecule is CSCCC(C)N(C)C(=O)Cc1ccc(S)cc1. The van der Waals surface area contributed by atoms with Crippen LogP contribution in [0.1, 0.15) is 18.9 Å². The minimum Gasteiger partial charge on any atom is -0.343 e. The number of hydrogen-bond acceptors (Lipinski definition) is 3. The number of rotatable bonds is 6. The van der Waals surface area contributed by atoms with Crippen molar-refractivity contribution in [2.75, 3.05) is 19.1 Å². The molecule has 18 heavy (non-hydrogen) atoms. The van der Waals surface area contributed by atoms with Gasteiger partial charge in [0, 0.05) is 18.0 Å². The van der Waals surface area contributed by atoms with Gasteiger partial charge in [-0.05, 0) is 43.0 Å². The van der Waals surface area contributed by atoms with E-state index in [1.807, 2.05) is 48.0 Å². The van der Waals surface area contributed by atoms with Gasteiger partial charge in [-0.3, -0.25) is 4.79 Å². The van der Waals surface area contributed by atoms with Crippen LogP contribution in [-0.2, 0) is 11.2 Å². The average molecular weight is 283 g/mol. The third kappa shape index (κ3) is 4.94. The van der Waals surface area contributed by atoms with Crippen LogP contribution in [0.2, 0.25) is 0 Å². The summed E-state index contributed by atoms with van der Waals surface area (Å²) in [5.41, 5.74) is 1.04. The predicted molar refractivity (Wildman–Crippen MR) is 82.6 cm³/mol. The van der Waals surface area contributed by atoms with E-state index in [0.29, 0.717) is 12.5 Å².